The molecule has 5 N–H and O–H groups in total. The molecule has 4 nitrogen and oxygen atoms in total. The van der Waals surface area contributed by atoms with Gasteiger partial charge < -0.3 is 16.8 Å². The highest BCUT2D eigenvalue weighted by molar-refractivity contribution is 6.06. The zero-order valence-electron chi connectivity index (χ0n) is 18.3. The Balaban J connectivity index is 1.48. The van der Waals surface area contributed by atoms with Crippen molar-refractivity contribution >= 4 is 23.0 Å². The number of amides is 1. The highest BCUT2D eigenvalue weighted by Gasteiger charge is 2.22. The summed E-state index contributed by atoms with van der Waals surface area (Å²) in [7, 11) is 0. The van der Waals surface area contributed by atoms with Crippen LogP contribution in [0.15, 0.2) is 42.5 Å². The average molecular weight is 408 g/mol. The Morgan fingerprint density at radius 1 is 0.933 bits per heavy atom. The summed E-state index contributed by atoms with van der Waals surface area (Å²) in [5.41, 5.74) is 15.4. The van der Waals surface area contributed by atoms with Gasteiger partial charge in [0.15, 0.2) is 0 Å². The van der Waals surface area contributed by atoms with Crippen molar-refractivity contribution in [3.63, 3.8) is 0 Å². The zero-order valence-corrected chi connectivity index (χ0v) is 18.3. The number of unbranched alkanes of at least 4 members (excludes halogenated alkanes) is 4. The Hall–Kier alpha value is -2.49. The van der Waals surface area contributed by atoms with Gasteiger partial charge in [0.25, 0.3) is 5.91 Å². The number of benzene rings is 2. The first-order valence-electron chi connectivity index (χ1n) is 11.6. The molecular weight excluding hydrogens is 370 g/mol. The van der Waals surface area contributed by atoms with Crippen molar-refractivity contribution < 1.29 is 4.79 Å². The van der Waals surface area contributed by atoms with Gasteiger partial charge in [-0.25, -0.2) is 0 Å². The fraction of sp³-hybridized carbons (Fsp3) is 0.500. The first-order chi connectivity index (χ1) is 14.6. The third-order valence-electron chi connectivity index (χ3n) is 6.53. The molecular formula is C26H37N3O. The number of carbonyl (C=O) groups excluding carboxylic acids is 1. The van der Waals surface area contributed by atoms with Gasteiger partial charge in [-0.15, -0.1) is 0 Å². The molecule has 0 unspecified atom stereocenters. The average Bonchev–Trinajstić information content (AvgIpc) is 2.77. The molecule has 0 saturated heterocycles. The number of anilines is 3. The van der Waals surface area contributed by atoms with Crippen LogP contribution in [-0.2, 0) is 0 Å². The van der Waals surface area contributed by atoms with Crippen LogP contribution in [0.4, 0.5) is 17.1 Å². The Morgan fingerprint density at radius 2 is 1.63 bits per heavy atom. The third-order valence-corrected chi connectivity index (χ3v) is 6.53. The lowest BCUT2D eigenvalue weighted by atomic mass is 9.77. The summed E-state index contributed by atoms with van der Waals surface area (Å²) in [5.74, 6) is 1.38. The first kappa shape index (κ1) is 22.2. The molecule has 0 aliphatic heterocycles. The van der Waals surface area contributed by atoms with Crippen molar-refractivity contribution in [3.8, 4) is 0 Å². The van der Waals surface area contributed by atoms with Crippen molar-refractivity contribution in [3.05, 3.63) is 53.6 Å². The van der Waals surface area contributed by atoms with Crippen LogP contribution in [0.1, 0.15) is 93.0 Å². The molecule has 0 bridgehead atoms. The molecule has 0 radical (unpaired) electrons. The summed E-state index contributed by atoms with van der Waals surface area (Å²) in [5, 5.41) is 2.86. The lowest BCUT2D eigenvalue weighted by Gasteiger charge is -2.29. The van der Waals surface area contributed by atoms with E-state index in [1.807, 2.05) is 12.1 Å². The summed E-state index contributed by atoms with van der Waals surface area (Å²) < 4.78 is 0. The molecule has 0 heterocycles. The van der Waals surface area contributed by atoms with Gasteiger partial charge in [-0.2, -0.15) is 0 Å². The molecule has 1 amide bonds. The van der Waals surface area contributed by atoms with Crippen molar-refractivity contribution in [2.24, 2.45) is 5.92 Å². The van der Waals surface area contributed by atoms with Crippen LogP contribution in [-0.4, -0.2) is 5.91 Å². The van der Waals surface area contributed by atoms with E-state index in [9.17, 15) is 4.79 Å². The monoisotopic (exact) mass is 407 g/mol. The van der Waals surface area contributed by atoms with Gasteiger partial charge in [0.2, 0.25) is 0 Å². The molecule has 1 aliphatic rings. The van der Waals surface area contributed by atoms with E-state index in [1.165, 1.54) is 69.8 Å². The SMILES string of the molecule is CCCCCCCC1CCC(c2ccc(C(=O)Nc3cc(N)ccc3N)cc2)CC1. The first-order valence-corrected chi connectivity index (χ1v) is 11.6. The number of carbonyl (C=O) groups is 1. The summed E-state index contributed by atoms with van der Waals surface area (Å²) in [6.45, 7) is 2.27. The summed E-state index contributed by atoms with van der Waals surface area (Å²) in [6.07, 6.45) is 13.5. The van der Waals surface area contributed by atoms with Crippen LogP contribution < -0.4 is 16.8 Å². The lowest BCUT2D eigenvalue weighted by molar-refractivity contribution is 0.102. The van der Waals surface area contributed by atoms with Gasteiger partial charge in [-0.1, -0.05) is 57.6 Å². The number of nitrogens with two attached hydrogens (primary N) is 2. The predicted octanol–water partition coefficient (Wildman–Crippen LogP) is 6.74. The number of rotatable bonds is 9. The molecule has 2 aromatic rings. The van der Waals surface area contributed by atoms with E-state index in [4.69, 9.17) is 11.5 Å². The molecule has 0 aromatic heterocycles. The Bertz CT molecular complexity index is 808. The van der Waals surface area contributed by atoms with E-state index < -0.39 is 0 Å². The summed E-state index contributed by atoms with van der Waals surface area (Å²) in [6, 6.07) is 13.2. The smallest absolute Gasteiger partial charge is 0.255 e. The zero-order chi connectivity index (χ0) is 21.3. The molecule has 0 spiro atoms. The van der Waals surface area contributed by atoms with Gasteiger partial charge in [0.05, 0.1) is 11.4 Å². The maximum atomic E-state index is 12.6. The van der Waals surface area contributed by atoms with Gasteiger partial charge in [0.1, 0.15) is 0 Å². The number of nitrogens with one attached hydrogen (secondary N) is 1. The summed E-state index contributed by atoms with van der Waals surface area (Å²) >= 11 is 0. The lowest BCUT2D eigenvalue weighted by Crippen LogP contribution is -2.15. The van der Waals surface area contributed by atoms with E-state index in [1.54, 1.807) is 18.2 Å². The van der Waals surface area contributed by atoms with Gasteiger partial charge in [0, 0.05) is 11.3 Å². The second kappa shape index (κ2) is 11.1. The van der Waals surface area contributed by atoms with Crippen molar-refractivity contribution in [1.82, 2.24) is 0 Å². The molecule has 3 rings (SSSR count). The minimum atomic E-state index is -0.161. The van der Waals surface area contributed by atoms with Crippen LogP contribution >= 0.6 is 0 Å². The molecule has 0 atom stereocenters. The van der Waals surface area contributed by atoms with Crippen LogP contribution in [0.25, 0.3) is 0 Å². The van der Waals surface area contributed by atoms with Gasteiger partial charge >= 0.3 is 0 Å². The highest BCUT2D eigenvalue weighted by Crippen LogP contribution is 2.38. The van der Waals surface area contributed by atoms with Crippen LogP contribution in [0.2, 0.25) is 0 Å². The Kier molecular flexibility index (Phi) is 8.18. The number of hydrogen-bond donors (Lipinski definition) is 3. The van der Waals surface area contributed by atoms with Crippen LogP contribution in [0.3, 0.4) is 0 Å². The fourth-order valence-electron chi connectivity index (χ4n) is 4.60. The molecule has 1 saturated carbocycles. The van der Waals surface area contributed by atoms with Gasteiger partial charge in [-0.05, 0) is 73.4 Å². The minimum absolute atomic E-state index is 0.161. The normalized spacial score (nSPS) is 18.8. The van der Waals surface area contributed by atoms with E-state index >= 15 is 0 Å². The van der Waals surface area contributed by atoms with E-state index in [0.717, 1.165) is 5.92 Å². The highest BCUT2D eigenvalue weighted by atomic mass is 16.1. The second-order valence-corrected chi connectivity index (χ2v) is 8.84. The maximum Gasteiger partial charge on any atom is 0.255 e. The van der Waals surface area contributed by atoms with Crippen molar-refractivity contribution in [2.75, 3.05) is 16.8 Å². The Morgan fingerprint density at radius 3 is 2.33 bits per heavy atom. The molecule has 162 valence electrons. The topological polar surface area (TPSA) is 81.1 Å². The largest absolute Gasteiger partial charge is 0.399 e. The molecule has 4 heteroatoms. The second-order valence-electron chi connectivity index (χ2n) is 8.84. The third kappa shape index (κ3) is 6.25. The standard InChI is InChI=1S/C26H37N3O/c1-2-3-4-5-6-7-19-8-10-20(11-9-19)21-12-14-22(15-13-21)26(30)29-25-18-23(27)16-17-24(25)28/h12-20H,2-11,27-28H2,1H3,(H,29,30). The molecule has 1 aliphatic carbocycles. The van der Waals surface area contributed by atoms with Gasteiger partial charge in [-0.3, -0.25) is 4.79 Å². The minimum Gasteiger partial charge on any atom is -0.399 e. The van der Waals surface area contributed by atoms with E-state index in [0.29, 0.717) is 28.5 Å². The van der Waals surface area contributed by atoms with Crippen LogP contribution in [0, 0.1) is 5.92 Å². The van der Waals surface area contributed by atoms with Crippen molar-refractivity contribution in [2.45, 2.75) is 77.0 Å². The molecule has 2 aromatic carbocycles. The summed E-state index contributed by atoms with van der Waals surface area (Å²) in [4.78, 5) is 12.6. The van der Waals surface area contributed by atoms with E-state index in [-0.39, 0.29) is 5.91 Å². The molecule has 1 fully saturated rings. The predicted molar refractivity (Wildman–Crippen MR) is 128 cm³/mol. The van der Waals surface area contributed by atoms with E-state index in [2.05, 4.69) is 24.4 Å². The number of hydrogen-bond acceptors (Lipinski definition) is 3. The van der Waals surface area contributed by atoms with Crippen molar-refractivity contribution in [1.29, 1.82) is 0 Å². The fourth-order valence-corrected chi connectivity index (χ4v) is 4.60. The molecule has 30 heavy (non-hydrogen) atoms. The quantitative estimate of drug-likeness (QED) is 0.318. The maximum absolute atomic E-state index is 12.6. The Labute approximate surface area is 181 Å². The van der Waals surface area contributed by atoms with Crippen LogP contribution in [0.5, 0.6) is 0 Å². The number of nitrogen functional groups attached to an aromatic ring is 2.